The van der Waals surface area contributed by atoms with Crippen LogP contribution in [0.25, 0.3) is 5.78 Å². The Bertz CT molecular complexity index is 1020. The summed E-state index contributed by atoms with van der Waals surface area (Å²) in [6.07, 6.45) is 0. The van der Waals surface area contributed by atoms with E-state index in [2.05, 4.69) is 25.6 Å². The molecule has 0 aliphatic heterocycles. The molecule has 0 unspecified atom stereocenters. The smallest absolute Gasteiger partial charge is 0.274 e. The van der Waals surface area contributed by atoms with Crippen LogP contribution in [0.2, 0.25) is 0 Å². The number of aromatic amines is 1. The zero-order valence-corrected chi connectivity index (χ0v) is 15.2. The van der Waals surface area contributed by atoms with Crippen LogP contribution in [0.1, 0.15) is 26.5 Å². The lowest BCUT2D eigenvalue weighted by Gasteiger charge is -2.15. The fraction of sp³-hybridized carbons (Fsp3) is 0.312. The Labute approximate surface area is 152 Å². The molecule has 3 rings (SSSR count). The first-order valence-corrected chi connectivity index (χ1v) is 8.77. The van der Waals surface area contributed by atoms with Crippen molar-refractivity contribution in [3.8, 4) is 0 Å². The molecule has 136 valence electrons. The van der Waals surface area contributed by atoms with E-state index in [0.717, 1.165) is 11.8 Å². The van der Waals surface area contributed by atoms with Gasteiger partial charge in [-0.2, -0.15) is 9.61 Å². The van der Waals surface area contributed by atoms with Gasteiger partial charge in [-0.3, -0.25) is 14.6 Å². The molecule has 0 aliphatic carbocycles. The van der Waals surface area contributed by atoms with Gasteiger partial charge in [-0.25, -0.2) is 4.39 Å². The van der Waals surface area contributed by atoms with Gasteiger partial charge in [0.1, 0.15) is 11.5 Å². The Hall–Kier alpha value is -2.75. The fourth-order valence-electron chi connectivity index (χ4n) is 2.21. The van der Waals surface area contributed by atoms with Crippen LogP contribution in [0.15, 0.2) is 34.2 Å². The van der Waals surface area contributed by atoms with Crippen molar-refractivity contribution in [3.05, 3.63) is 46.1 Å². The minimum atomic E-state index is -0.456. The molecule has 2 aromatic heterocycles. The molecule has 26 heavy (non-hydrogen) atoms. The molecule has 2 N–H and O–H groups in total. The maximum Gasteiger partial charge on any atom is 0.274 e. The van der Waals surface area contributed by atoms with E-state index in [1.54, 1.807) is 6.07 Å². The molecule has 8 nitrogen and oxygen atoms in total. The van der Waals surface area contributed by atoms with Crippen LogP contribution in [-0.2, 0) is 10.2 Å². The Morgan fingerprint density at radius 1 is 1.35 bits per heavy atom. The number of nitrogens with one attached hydrogen (secondary N) is 2. The standard InChI is InChI=1S/C16H17FN6O2S/c1-16(2,3)12-13(25)19-14-20-21-15(23(14)22-12)26-8-11(24)18-10-6-4-5-9(17)7-10/h4-7H,8H2,1-3H3,(H,18,24)(H,19,20,25). The number of amides is 1. The number of carbonyl (C=O) groups excluding carboxylic acids is 1. The van der Waals surface area contributed by atoms with E-state index in [9.17, 15) is 14.0 Å². The molecule has 2 heterocycles. The first-order valence-electron chi connectivity index (χ1n) is 7.78. The Kier molecular flexibility index (Phi) is 4.77. The molecular weight excluding hydrogens is 359 g/mol. The van der Waals surface area contributed by atoms with Gasteiger partial charge in [-0.05, 0) is 18.2 Å². The highest BCUT2D eigenvalue weighted by Gasteiger charge is 2.22. The number of nitrogens with zero attached hydrogens (tertiary/aromatic N) is 4. The summed E-state index contributed by atoms with van der Waals surface area (Å²) >= 11 is 1.11. The molecule has 10 heteroatoms. The van der Waals surface area contributed by atoms with Gasteiger partial charge < -0.3 is 5.32 Å². The number of halogens is 1. The zero-order chi connectivity index (χ0) is 18.9. The third-order valence-corrected chi connectivity index (χ3v) is 4.32. The molecule has 0 atom stereocenters. The second-order valence-electron chi connectivity index (χ2n) is 6.62. The van der Waals surface area contributed by atoms with Crippen molar-refractivity contribution in [3.63, 3.8) is 0 Å². The van der Waals surface area contributed by atoms with Crippen molar-refractivity contribution in [1.29, 1.82) is 0 Å². The Morgan fingerprint density at radius 2 is 2.12 bits per heavy atom. The number of hydrogen-bond acceptors (Lipinski definition) is 6. The number of anilines is 1. The highest BCUT2D eigenvalue weighted by atomic mass is 32.2. The van der Waals surface area contributed by atoms with Crippen molar-refractivity contribution in [2.24, 2.45) is 0 Å². The Balaban J connectivity index is 1.76. The van der Waals surface area contributed by atoms with Gasteiger partial charge in [0.15, 0.2) is 0 Å². The predicted molar refractivity (Wildman–Crippen MR) is 95.9 cm³/mol. The monoisotopic (exact) mass is 376 g/mol. The molecule has 0 aliphatic rings. The number of thioether (sulfide) groups is 1. The maximum absolute atomic E-state index is 13.2. The van der Waals surface area contributed by atoms with E-state index in [0.29, 0.717) is 16.5 Å². The van der Waals surface area contributed by atoms with E-state index in [-0.39, 0.29) is 23.0 Å². The fourth-order valence-corrected chi connectivity index (χ4v) is 2.89. The summed E-state index contributed by atoms with van der Waals surface area (Å²) < 4.78 is 14.6. The summed E-state index contributed by atoms with van der Waals surface area (Å²) in [7, 11) is 0. The number of carbonyl (C=O) groups is 1. The molecular formula is C16H17FN6O2S. The van der Waals surface area contributed by atoms with Crippen LogP contribution in [-0.4, -0.2) is 36.5 Å². The highest BCUT2D eigenvalue weighted by Crippen LogP contribution is 2.19. The van der Waals surface area contributed by atoms with E-state index >= 15 is 0 Å². The van der Waals surface area contributed by atoms with Gasteiger partial charge in [0.05, 0.1) is 5.75 Å². The van der Waals surface area contributed by atoms with Crippen LogP contribution < -0.4 is 10.9 Å². The molecule has 1 aromatic carbocycles. The van der Waals surface area contributed by atoms with Crippen LogP contribution in [0.5, 0.6) is 0 Å². The topological polar surface area (TPSA) is 105 Å². The third-order valence-electron chi connectivity index (χ3n) is 3.40. The second-order valence-corrected chi connectivity index (χ2v) is 7.56. The summed E-state index contributed by atoms with van der Waals surface area (Å²) in [6, 6.07) is 5.64. The molecule has 0 saturated carbocycles. The van der Waals surface area contributed by atoms with E-state index in [4.69, 9.17) is 0 Å². The minimum Gasteiger partial charge on any atom is -0.325 e. The number of benzene rings is 1. The number of aromatic nitrogens is 5. The molecule has 0 spiro atoms. The summed E-state index contributed by atoms with van der Waals surface area (Å²) in [5, 5.41) is 15.1. The maximum atomic E-state index is 13.2. The molecule has 1 amide bonds. The average Bonchev–Trinajstić information content (AvgIpc) is 2.93. The van der Waals surface area contributed by atoms with Crippen molar-refractivity contribution in [1.82, 2.24) is 24.8 Å². The van der Waals surface area contributed by atoms with Gasteiger partial charge >= 0.3 is 0 Å². The number of rotatable bonds is 4. The largest absolute Gasteiger partial charge is 0.325 e. The normalized spacial score (nSPS) is 11.7. The van der Waals surface area contributed by atoms with Crippen LogP contribution in [0.3, 0.4) is 0 Å². The van der Waals surface area contributed by atoms with E-state index < -0.39 is 11.2 Å². The van der Waals surface area contributed by atoms with Gasteiger partial charge in [-0.1, -0.05) is 38.6 Å². The van der Waals surface area contributed by atoms with Gasteiger partial charge in [0.2, 0.25) is 11.1 Å². The first kappa shape index (κ1) is 18.1. The van der Waals surface area contributed by atoms with Crippen LogP contribution >= 0.6 is 11.8 Å². The summed E-state index contributed by atoms with van der Waals surface area (Å²) in [5.74, 6) is -0.515. The van der Waals surface area contributed by atoms with Crippen molar-refractivity contribution in [2.75, 3.05) is 11.1 Å². The summed E-state index contributed by atoms with van der Waals surface area (Å²) in [5.41, 5.74) is -0.0595. The quantitative estimate of drug-likeness (QED) is 0.675. The van der Waals surface area contributed by atoms with E-state index in [1.165, 1.54) is 22.7 Å². The zero-order valence-electron chi connectivity index (χ0n) is 14.4. The van der Waals surface area contributed by atoms with Gasteiger partial charge in [0, 0.05) is 11.1 Å². The SMILES string of the molecule is CC(C)(C)c1nn2c(SCC(=O)Nc3cccc(F)c3)nnc2[nH]c1=O. The van der Waals surface area contributed by atoms with Crippen LogP contribution in [0.4, 0.5) is 10.1 Å². The minimum absolute atomic E-state index is 0.0307. The molecule has 0 bridgehead atoms. The number of fused-ring (bicyclic) bond motifs is 1. The molecule has 0 radical (unpaired) electrons. The Morgan fingerprint density at radius 3 is 2.81 bits per heavy atom. The van der Waals surface area contributed by atoms with Gasteiger partial charge in [0.25, 0.3) is 11.3 Å². The lowest BCUT2D eigenvalue weighted by atomic mass is 9.93. The first-order chi connectivity index (χ1) is 12.2. The van der Waals surface area contributed by atoms with Crippen molar-refractivity contribution in [2.45, 2.75) is 31.3 Å². The molecule has 3 aromatic rings. The van der Waals surface area contributed by atoms with Gasteiger partial charge in [-0.15, -0.1) is 10.2 Å². The third kappa shape index (κ3) is 3.90. The predicted octanol–water partition coefficient (Wildman–Crippen LogP) is 1.98. The van der Waals surface area contributed by atoms with E-state index in [1.807, 2.05) is 20.8 Å². The van der Waals surface area contributed by atoms with Crippen LogP contribution in [0, 0.1) is 5.82 Å². The number of hydrogen-bond donors (Lipinski definition) is 2. The average molecular weight is 376 g/mol. The highest BCUT2D eigenvalue weighted by molar-refractivity contribution is 7.99. The van der Waals surface area contributed by atoms with Crippen molar-refractivity contribution >= 4 is 29.1 Å². The number of H-pyrrole nitrogens is 1. The van der Waals surface area contributed by atoms with Crippen molar-refractivity contribution < 1.29 is 9.18 Å². The molecule has 0 saturated heterocycles. The lowest BCUT2D eigenvalue weighted by molar-refractivity contribution is -0.113. The lowest BCUT2D eigenvalue weighted by Crippen LogP contribution is -2.28. The summed E-state index contributed by atoms with van der Waals surface area (Å²) in [4.78, 5) is 26.8. The summed E-state index contributed by atoms with van der Waals surface area (Å²) in [6.45, 7) is 5.63. The molecule has 0 fully saturated rings. The second kappa shape index (κ2) is 6.87.